The van der Waals surface area contributed by atoms with Gasteiger partial charge < -0.3 is 9.15 Å². The average Bonchev–Trinajstić information content (AvgIpc) is 2.68. The van der Waals surface area contributed by atoms with Gasteiger partial charge in [0.25, 0.3) is 0 Å². The Hall–Kier alpha value is -2.23. The van der Waals surface area contributed by atoms with Crippen LogP contribution in [0.3, 0.4) is 0 Å². The SMILES string of the molecule is C=CCOC(=O)Nc1cc2ccccc2o1. The molecule has 2 aromatic rings. The van der Waals surface area contributed by atoms with Crippen LogP contribution in [0.4, 0.5) is 10.7 Å². The second kappa shape index (κ2) is 4.53. The largest absolute Gasteiger partial charge is 0.445 e. The molecular weight excluding hydrogens is 206 g/mol. The van der Waals surface area contributed by atoms with Crippen molar-refractivity contribution >= 4 is 22.9 Å². The molecule has 0 radical (unpaired) electrons. The Kier molecular flexibility index (Phi) is 2.91. The first-order valence-corrected chi connectivity index (χ1v) is 4.83. The van der Waals surface area contributed by atoms with E-state index in [2.05, 4.69) is 11.9 Å². The molecule has 0 atom stereocenters. The Bertz CT molecular complexity index is 483. The molecule has 0 bridgehead atoms. The number of ether oxygens (including phenoxy) is 1. The zero-order valence-electron chi connectivity index (χ0n) is 8.60. The molecule has 0 aliphatic carbocycles. The molecular formula is C12H11NO3. The molecule has 1 aromatic heterocycles. The van der Waals surface area contributed by atoms with Crippen LogP contribution in [0.2, 0.25) is 0 Å². The van der Waals surface area contributed by atoms with E-state index in [0.717, 1.165) is 11.0 Å². The molecule has 1 N–H and O–H groups in total. The summed E-state index contributed by atoms with van der Waals surface area (Å²) in [6.07, 6.45) is 0.942. The number of rotatable bonds is 3. The van der Waals surface area contributed by atoms with Gasteiger partial charge in [0.2, 0.25) is 5.88 Å². The molecule has 0 spiro atoms. The molecule has 16 heavy (non-hydrogen) atoms. The minimum absolute atomic E-state index is 0.173. The van der Waals surface area contributed by atoms with E-state index in [9.17, 15) is 4.79 Å². The number of benzene rings is 1. The highest BCUT2D eigenvalue weighted by atomic mass is 16.5. The summed E-state index contributed by atoms with van der Waals surface area (Å²) in [5.41, 5.74) is 0.724. The number of carbonyl (C=O) groups is 1. The zero-order chi connectivity index (χ0) is 11.4. The predicted molar refractivity (Wildman–Crippen MR) is 61.4 cm³/mol. The van der Waals surface area contributed by atoms with Crippen LogP contribution in [-0.4, -0.2) is 12.7 Å². The number of furan rings is 1. The van der Waals surface area contributed by atoms with Crippen molar-refractivity contribution in [3.05, 3.63) is 43.0 Å². The van der Waals surface area contributed by atoms with Crippen molar-refractivity contribution < 1.29 is 13.9 Å². The van der Waals surface area contributed by atoms with Gasteiger partial charge in [-0.1, -0.05) is 30.9 Å². The fourth-order valence-corrected chi connectivity index (χ4v) is 1.31. The Labute approximate surface area is 92.5 Å². The van der Waals surface area contributed by atoms with E-state index in [1.165, 1.54) is 6.08 Å². The molecule has 4 nitrogen and oxygen atoms in total. The topological polar surface area (TPSA) is 51.5 Å². The smallest absolute Gasteiger partial charge is 0.414 e. The van der Waals surface area contributed by atoms with Gasteiger partial charge in [-0.15, -0.1) is 0 Å². The fraction of sp³-hybridized carbons (Fsp3) is 0.0833. The molecule has 0 aliphatic heterocycles. The number of hydrogen-bond acceptors (Lipinski definition) is 3. The minimum Gasteiger partial charge on any atom is -0.445 e. The van der Waals surface area contributed by atoms with Gasteiger partial charge in [-0.05, 0) is 6.07 Å². The lowest BCUT2D eigenvalue weighted by atomic mass is 10.3. The third-order valence-corrected chi connectivity index (χ3v) is 1.98. The number of anilines is 1. The molecule has 0 aliphatic rings. The Balaban J connectivity index is 2.09. The number of para-hydroxylation sites is 1. The van der Waals surface area contributed by atoms with Crippen molar-refractivity contribution in [1.82, 2.24) is 0 Å². The second-order valence-corrected chi connectivity index (χ2v) is 3.16. The van der Waals surface area contributed by atoms with Crippen molar-refractivity contribution in [2.24, 2.45) is 0 Å². The van der Waals surface area contributed by atoms with E-state index in [1.54, 1.807) is 6.07 Å². The van der Waals surface area contributed by atoms with Gasteiger partial charge in [0.15, 0.2) is 0 Å². The van der Waals surface area contributed by atoms with Gasteiger partial charge in [-0.25, -0.2) is 4.79 Å². The van der Waals surface area contributed by atoms with Crippen LogP contribution in [0.25, 0.3) is 11.0 Å². The lowest BCUT2D eigenvalue weighted by Crippen LogP contribution is -2.12. The van der Waals surface area contributed by atoms with Gasteiger partial charge in [0.1, 0.15) is 12.2 Å². The summed E-state index contributed by atoms with van der Waals surface area (Å²) >= 11 is 0. The van der Waals surface area contributed by atoms with Crippen LogP contribution < -0.4 is 5.32 Å². The van der Waals surface area contributed by atoms with E-state index in [1.807, 2.05) is 24.3 Å². The van der Waals surface area contributed by atoms with Crippen molar-refractivity contribution in [3.63, 3.8) is 0 Å². The number of nitrogens with one attached hydrogen (secondary N) is 1. The lowest BCUT2D eigenvalue weighted by molar-refractivity contribution is 0.173. The molecule has 0 unspecified atom stereocenters. The first kappa shape index (κ1) is 10.3. The highest BCUT2D eigenvalue weighted by Crippen LogP contribution is 2.22. The van der Waals surface area contributed by atoms with E-state index < -0.39 is 6.09 Å². The molecule has 1 amide bonds. The minimum atomic E-state index is -0.557. The standard InChI is InChI=1S/C12H11NO3/c1-2-7-15-12(14)13-11-8-9-5-3-4-6-10(9)16-11/h2-6,8H,1,7H2,(H,13,14). The number of fused-ring (bicyclic) bond motifs is 1. The van der Waals surface area contributed by atoms with Gasteiger partial charge in [0, 0.05) is 11.5 Å². The van der Waals surface area contributed by atoms with E-state index in [4.69, 9.17) is 9.15 Å². The quantitative estimate of drug-likeness (QED) is 0.803. The van der Waals surface area contributed by atoms with E-state index >= 15 is 0 Å². The summed E-state index contributed by atoms with van der Waals surface area (Å²) in [6.45, 7) is 3.62. The molecule has 0 fully saturated rings. The molecule has 2 rings (SSSR count). The van der Waals surface area contributed by atoms with Crippen molar-refractivity contribution in [1.29, 1.82) is 0 Å². The summed E-state index contributed by atoms with van der Waals surface area (Å²) in [6, 6.07) is 9.24. The van der Waals surface area contributed by atoms with Crippen LogP contribution >= 0.6 is 0 Å². The van der Waals surface area contributed by atoms with Gasteiger partial charge in [-0.3, -0.25) is 5.32 Å². The lowest BCUT2D eigenvalue weighted by Gasteiger charge is -2.00. The Morgan fingerprint density at radius 2 is 2.31 bits per heavy atom. The molecule has 0 saturated heterocycles. The summed E-state index contributed by atoms with van der Waals surface area (Å²) in [4.78, 5) is 11.2. The number of hydrogen-bond donors (Lipinski definition) is 1. The summed E-state index contributed by atoms with van der Waals surface area (Å²) in [7, 11) is 0. The molecule has 82 valence electrons. The second-order valence-electron chi connectivity index (χ2n) is 3.16. The molecule has 0 saturated carbocycles. The maximum absolute atomic E-state index is 11.2. The normalized spacial score (nSPS) is 10.0. The van der Waals surface area contributed by atoms with Crippen LogP contribution in [-0.2, 0) is 4.74 Å². The van der Waals surface area contributed by atoms with Crippen molar-refractivity contribution in [2.75, 3.05) is 11.9 Å². The number of amides is 1. The Morgan fingerprint density at radius 3 is 3.06 bits per heavy atom. The van der Waals surface area contributed by atoms with Crippen molar-refractivity contribution in [3.8, 4) is 0 Å². The third kappa shape index (κ3) is 2.23. The molecule has 1 heterocycles. The number of carbonyl (C=O) groups excluding carboxylic acids is 1. The maximum Gasteiger partial charge on any atom is 0.414 e. The predicted octanol–water partition coefficient (Wildman–Crippen LogP) is 3.17. The third-order valence-electron chi connectivity index (χ3n) is 1.98. The summed E-state index contributed by atoms with van der Waals surface area (Å²) in [5, 5.41) is 3.42. The van der Waals surface area contributed by atoms with Crippen LogP contribution in [0.1, 0.15) is 0 Å². The van der Waals surface area contributed by atoms with Crippen LogP contribution in [0.15, 0.2) is 47.4 Å². The van der Waals surface area contributed by atoms with E-state index in [0.29, 0.717) is 5.88 Å². The first-order chi connectivity index (χ1) is 7.79. The summed E-state index contributed by atoms with van der Waals surface area (Å²) in [5.74, 6) is 0.371. The fourth-order valence-electron chi connectivity index (χ4n) is 1.31. The highest BCUT2D eigenvalue weighted by molar-refractivity contribution is 5.88. The monoisotopic (exact) mass is 217 g/mol. The zero-order valence-corrected chi connectivity index (χ0v) is 8.60. The molecule has 4 heteroatoms. The average molecular weight is 217 g/mol. The highest BCUT2D eigenvalue weighted by Gasteiger charge is 2.06. The van der Waals surface area contributed by atoms with E-state index in [-0.39, 0.29) is 6.61 Å². The van der Waals surface area contributed by atoms with Gasteiger partial charge in [0.05, 0.1) is 0 Å². The van der Waals surface area contributed by atoms with Gasteiger partial charge >= 0.3 is 6.09 Å². The maximum atomic E-state index is 11.2. The Morgan fingerprint density at radius 1 is 1.50 bits per heavy atom. The van der Waals surface area contributed by atoms with Crippen molar-refractivity contribution in [2.45, 2.75) is 0 Å². The molecule has 1 aromatic carbocycles. The van der Waals surface area contributed by atoms with Crippen LogP contribution in [0.5, 0.6) is 0 Å². The first-order valence-electron chi connectivity index (χ1n) is 4.83. The summed E-state index contributed by atoms with van der Waals surface area (Å²) < 4.78 is 10.1. The van der Waals surface area contributed by atoms with Crippen LogP contribution in [0, 0.1) is 0 Å². The van der Waals surface area contributed by atoms with Gasteiger partial charge in [-0.2, -0.15) is 0 Å².